The minimum absolute atomic E-state index is 0.00768. The second-order valence-electron chi connectivity index (χ2n) is 3.99. The Bertz CT molecular complexity index is 633. The summed E-state index contributed by atoms with van der Waals surface area (Å²) in [5.41, 5.74) is 0.543. The summed E-state index contributed by atoms with van der Waals surface area (Å²) in [6.45, 7) is 0.696. The van der Waals surface area contributed by atoms with E-state index >= 15 is 0 Å². The first-order chi connectivity index (χ1) is 9.27. The fourth-order valence-electron chi connectivity index (χ4n) is 1.96. The molecule has 3 rings (SSSR count). The van der Waals surface area contributed by atoms with Gasteiger partial charge in [-0.15, -0.1) is 0 Å². The summed E-state index contributed by atoms with van der Waals surface area (Å²) >= 11 is 0. The normalized spacial score (nSPS) is 13.6. The lowest BCUT2D eigenvalue weighted by Crippen LogP contribution is -2.38. The molecule has 0 atom stereocenters. The van der Waals surface area contributed by atoms with Crippen molar-refractivity contribution in [2.24, 2.45) is 0 Å². The van der Waals surface area contributed by atoms with Crippen LogP contribution in [0.3, 0.4) is 0 Å². The second kappa shape index (κ2) is 4.64. The van der Waals surface area contributed by atoms with Crippen LogP contribution in [0.1, 0.15) is 10.4 Å². The van der Waals surface area contributed by atoms with E-state index in [1.807, 2.05) is 0 Å². The summed E-state index contributed by atoms with van der Waals surface area (Å²) in [7, 11) is 0. The predicted molar refractivity (Wildman–Crippen MR) is 65.6 cm³/mol. The van der Waals surface area contributed by atoms with Crippen molar-refractivity contribution in [1.82, 2.24) is 9.97 Å². The molecule has 96 valence electrons. The minimum atomic E-state index is -0.635. The van der Waals surface area contributed by atoms with Gasteiger partial charge in [-0.05, 0) is 18.2 Å². The van der Waals surface area contributed by atoms with Crippen LogP contribution in [0.25, 0.3) is 0 Å². The summed E-state index contributed by atoms with van der Waals surface area (Å²) in [5, 5.41) is 0. The van der Waals surface area contributed by atoms with Crippen molar-refractivity contribution in [1.29, 1.82) is 0 Å². The molecule has 0 N–H and O–H groups in total. The summed E-state index contributed by atoms with van der Waals surface area (Å²) in [6.07, 6.45) is 4.00. The van der Waals surface area contributed by atoms with E-state index in [1.165, 1.54) is 17.2 Å². The molecule has 5 nitrogen and oxygen atoms in total. The van der Waals surface area contributed by atoms with Crippen LogP contribution in [0, 0.1) is 5.82 Å². The summed E-state index contributed by atoms with van der Waals surface area (Å²) in [5.74, 6) is -0.668. The third-order valence-electron chi connectivity index (χ3n) is 2.84. The third-order valence-corrected chi connectivity index (χ3v) is 2.84. The molecule has 19 heavy (non-hydrogen) atoms. The van der Waals surface area contributed by atoms with Gasteiger partial charge in [0, 0.05) is 12.4 Å². The van der Waals surface area contributed by atoms with Gasteiger partial charge in [0.1, 0.15) is 12.3 Å². The van der Waals surface area contributed by atoms with Gasteiger partial charge < -0.3 is 4.74 Å². The van der Waals surface area contributed by atoms with Crippen LogP contribution in [-0.4, -0.2) is 29.0 Å². The Morgan fingerprint density at radius 1 is 1.37 bits per heavy atom. The van der Waals surface area contributed by atoms with Crippen LogP contribution < -0.4 is 9.64 Å². The van der Waals surface area contributed by atoms with Crippen molar-refractivity contribution in [2.75, 3.05) is 18.1 Å². The number of nitrogens with zero attached hydrogens (tertiary/aromatic N) is 3. The SMILES string of the molecule is O=C(c1ccncc1F)N1CCOc2ncccc21. The second-order valence-corrected chi connectivity index (χ2v) is 3.99. The molecule has 0 fully saturated rings. The van der Waals surface area contributed by atoms with Gasteiger partial charge in [0.2, 0.25) is 5.88 Å². The van der Waals surface area contributed by atoms with Crippen LogP contribution >= 0.6 is 0 Å². The first-order valence-electron chi connectivity index (χ1n) is 5.76. The van der Waals surface area contributed by atoms with Gasteiger partial charge in [-0.2, -0.15) is 0 Å². The highest BCUT2D eigenvalue weighted by molar-refractivity contribution is 6.07. The van der Waals surface area contributed by atoms with Crippen LogP contribution in [-0.2, 0) is 0 Å². The van der Waals surface area contributed by atoms with Crippen LogP contribution in [0.5, 0.6) is 5.88 Å². The van der Waals surface area contributed by atoms with Gasteiger partial charge in [-0.1, -0.05) is 0 Å². The number of halogens is 1. The van der Waals surface area contributed by atoms with E-state index in [0.29, 0.717) is 24.7 Å². The molecule has 0 radical (unpaired) electrons. The zero-order chi connectivity index (χ0) is 13.2. The lowest BCUT2D eigenvalue weighted by Gasteiger charge is -2.28. The molecule has 1 aliphatic rings. The average Bonchev–Trinajstić information content (AvgIpc) is 2.46. The lowest BCUT2D eigenvalue weighted by atomic mass is 10.2. The van der Waals surface area contributed by atoms with E-state index in [0.717, 1.165) is 6.20 Å². The maximum absolute atomic E-state index is 13.6. The fourth-order valence-corrected chi connectivity index (χ4v) is 1.96. The Morgan fingerprint density at radius 3 is 3.11 bits per heavy atom. The Balaban J connectivity index is 2.00. The number of hydrogen-bond acceptors (Lipinski definition) is 4. The van der Waals surface area contributed by atoms with Gasteiger partial charge >= 0.3 is 0 Å². The van der Waals surface area contributed by atoms with Crippen molar-refractivity contribution in [2.45, 2.75) is 0 Å². The third kappa shape index (κ3) is 2.01. The van der Waals surface area contributed by atoms with E-state index in [4.69, 9.17) is 4.74 Å². The van der Waals surface area contributed by atoms with E-state index in [2.05, 4.69) is 9.97 Å². The quantitative estimate of drug-likeness (QED) is 0.781. The number of aromatic nitrogens is 2. The van der Waals surface area contributed by atoms with Gasteiger partial charge in [0.05, 0.1) is 18.3 Å². The van der Waals surface area contributed by atoms with Crippen LogP contribution in [0.4, 0.5) is 10.1 Å². The molecule has 1 aliphatic heterocycles. The molecule has 0 spiro atoms. The van der Waals surface area contributed by atoms with E-state index in [-0.39, 0.29) is 5.56 Å². The summed E-state index contributed by atoms with van der Waals surface area (Å²) < 4.78 is 19.0. The van der Waals surface area contributed by atoms with Crippen molar-refractivity contribution < 1.29 is 13.9 Å². The molecular weight excluding hydrogens is 249 g/mol. The molecule has 0 saturated heterocycles. The minimum Gasteiger partial charge on any atom is -0.474 e. The summed E-state index contributed by atoms with van der Waals surface area (Å²) in [4.78, 5) is 21.5. The van der Waals surface area contributed by atoms with Gasteiger partial charge in [-0.25, -0.2) is 9.37 Å². The number of amides is 1. The number of fused-ring (bicyclic) bond motifs is 1. The van der Waals surface area contributed by atoms with E-state index < -0.39 is 11.7 Å². The van der Waals surface area contributed by atoms with Crippen molar-refractivity contribution >= 4 is 11.6 Å². The van der Waals surface area contributed by atoms with Crippen molar-refractivity contribution in [3.05, 3.63) is 48.2 Å². The smallest absolute Gasteiger partial charge is 0.261 e. The van der Waals surface area contributed by atoms with Crippen LogP contribution in [0.15, 0.2) is 36.8 Å². The molecule has 0 unspecified atom stereocenters. The fraction of sp³-hybridized carbons (Fsp3) is 0.154. The maximum atomic E-state index is 13.6. The number of carbonyl (C=O) groups is 1. The standard InChI is InChI=1S/C13H10FN3O2/c14-10-8-15-5-3-9(10)13(18)17-6-7-19-12-11(17)2-1-4-16-12/h1-5,8H,6-7H2. The molecular formula is C13H10FN3O2. The number of carbonyl (C=O) groups excluding carboxylic acids is 1. The van der Waals surface area contributed by atoms with Gasteiger partial charge in [0.25, 0.3) is 5.91 Å². The number of pyridine rings is 2. The molecule has 0 aromatic carbocycles. The molecule has 0 aliphatic carbocycles. The molecule has 3 heterocycles. The van der Waals surface area contributed by atoms with Gasteiger partial charge in [-0.3, -0.25) is 14.7 Å². The highest BCUT2D eigenvalue weighted by Gasteiger charge is 2.26. The highest BCUT2D eigenvalue weighted by atomic mass is 19.1. The molecule has 2 aromatic heterocycles. The topological polar surface area (TPSA) is 55.3 Å². The van der Waals surface area contributed by atoms with E-state index in [9.17, 15) is 9.18 Å². The number of anilines is 1. The Morgan fingerprint density at radius 2 is 2.26 bits per heavy atom. The number of hydrogen-bond donors (Lipinski definition) is 0. The van der Waals surface area contributed by atoms with Crippen molar-refractivity contribution in [3.63, 3.8) is 0 Å². The zero-order valence-electron chi connectivity index (χ0n) is 9.91. The maximum Gasteiger partial charge on any atom is 0.261 e. The Hall–Kier alpha value is -2.50. The molecule has 1 amide bonds. The summed E-state index contributed by atoms with van der Waals surface area (Å²) in [6, 6.07) is 4.79. The predicted octanol–water partition coefficient (Wildman–Crippen LogP) is 1.65. The van der Waals surface area contributed by atoms with Gasteiger partial charge in [0.15, 0.2) is 5.82 Å². The zero-order valence-corrected chi connectivity index (χ0v) is 9.91. The Labute approximate surface area is 108 Å². The highest BCUT2D eigenvalue weighted by Crippen LogP contribution is 2.29. The lowest BCUT2D eigenvalue weighted by molar-refractivity contribution is 0.0971. The molecule has 2 aromatic rings. The first kappa shape index (κ1) is 11.6. The van der Waals surface area contributed by atoms with Crippen molar-refractivity contribution in [3.8, 4) is 5.88 Å². The molecule has 0 bridgehead atoms. The molecule has 6 heteroatoms. The molecule has 0 saturated carbocycles. The monoisotopic (exact) mass is 259 g/mol. The largest absolute Gasteiger partial charge is 0.474 e. The average molecular weight is 259 g/mol. The first-order valence-corrected chi connectivity index (χ1v) is 5.76. The van der Waals surface area contributed by atoms with E-state index in [1.54, 1.807) is 18.3 Å². The van der Waals surface area contributed by atoms with Crippen LogP contribution in [0.2, 0.25) is 0 Å². The number of rotatable bonds is 1. The number of ether oxygens (including phenoxy) is 1. The Kier molecular flexibility index (Phi) is 2.83.